The quantitative estimate of drug-likeness (QED) is 0.819. The second-order valence-corrected chi connectivity index (χ2v) is 5.84. The van der Waals surface area contributed by atoms with Crippen molar-refractivity contribution >= 4 is 24.2 Å². The summed E-state index contributed by atoms with van der Waals surface area (Å²) in [6, 6.07) is 5.13. The molecule has 2 N–H and O–H groups in total. The van der Waals surface area contributed by atoms with Crippen molar-refractivity contribution in [3.8, 4) is 5.75 Å². The number of nitrogens with zero attached hydrogens (tertiary/aromatic N) is 2. The minimum Gasteiger partial charge on any atom is -0.489 e. The number of ether oxygens (including phenoxy) is 1. The van der Waals surface area contributed by atoms with Crippen molar-refractivity contribution < 1.29 is 18.7 Å². The standard InChI is InChI=1S/C17H22FN3O3.ClH/c1-20(2)16(22)10-21-6-5-13-7-14(3-4-15(13)17(21)23)24-11-12(8-18)9-19;/h3-4,7-8H,5-6,9-11,19H2,1-2H3;1H/b12-8-;. The van der Waals surface area contributed by atoms with E-state index in [1.54, 1.807) is 37.2 Å². The molecule has 1 aromatic carbocycles. The summed E-state index contributed by atoms with van der Waals surface area (Å²) in [7, 11) is 3.32. The number of fused-ring (bicyclic) bond motifs is 1. The molecule has 1 aliphatic heterocycles. The van der Waals surface area contributed by atoms with Gasteiger partial charge in [0, 0.05) is 38.3 Å². The Morgan fingerprint density at radius 3 is 2.76 bits per heavy atom. The molecule has 6 nitrogen and oxygen atoms in total. The lowest BCUT2D eigenvalue weighted by Gasteiger charge is -2.29. The summed E-state index contributed by atoms with van der Waals surface area (Å²) < 4.78 is 18.0. The molecular formula is C17H23ClFN3O3. The molecule has 1 aromatic rings. The molecule has 0 saturated carbocycles. The van der Waals surface area contributed by atoms with Gasteiger partial charge in [0.25, 0.3) is 5.91 Å². The lowest BCUT2D eigenvalue weighted by molar-refractivity contribution is -0.129. The molecule has 0 bridgehead atoms. The molecule has 0 radical (unpaired) electrons. The highest BCUT2D eigenvalue weighted by Crippen LogP contribution is 2.24. The average Bonchev–Trinajstić information content (AvgIpc) is 2.58. The molecule has 0 unspecified atom stereocenters. The van der Waals surface area contributed by atoms with E-state index < -0.39 is 0 Å². The fourth-order valence-electron chi connectivity index (χ4n) is 2.37. The van der Waals surface area contributed by atoms with Crippen LogP contribution in [0.3, 0.4) is 0 Å². The lowest BCUT2D eigenvalue weighted by atomic mass is 9.98. The normalized spacial score (nSPS) is 13.8. The minimum absolute atomic E-state index is 0. The molecule has 8 heteroatoms. The smallest absolute Gasteiger partial charge is 0.254 e. The highest BCUT2D eigenvalue weighted by Gasteiger charge is 2.26. The highest BCUT2D eigenvalue weighted by atomic mass is 35.5. The van der Waals surface area contributed by atoms with E-state index in [0.717, 1.165) is 5.56 Å². The molecule has 0 atom stereocenters. The van der Waals surface area contributed by atoms with Gasteiger partial charge in [-0.15, -0.1) is 12.4 Å². The molecule has 1 aliphatic rings. The van der Waals surface area contributed by atoms with E-state index in [9.17, 15) is 14.0 Å². The van der Waals surface area contributed by atoms with E-state index in [0.29, 0.717) is 36.2 Å². The molecule has 0 aromatic heterocycles. The van der Waals surface area contributed by atoms with Gasteiger partial charge in [-0.1, -0.05) is 0 Å². The Morgan fingerprint density at radius 2 is 2.16 bits per heavy atom. The molecule has 2 rings (SSSR count). The Balaban J connectivity index is 0.00000312. The van der Waals surface area contributed by atoms with Crippen LogP contribution < -0.4 is 10.5 Å². The molecule has 0 aliphatic carbocycles. The van der Waals surface area contributed by atoms with E-state index in [2.05, 4.69) is 0 Å². The van der Waals surface area contributed by atoms with Crippen LogP contribution in [0.2, 0.25) is 0 Å². The van der Waals surface area contributed by atoms with E-state index in [4.69, 9.17) is 10.5 Å². The number of benzene rings is 1. The predicted octanol–water partition coefficient (Wildman–Crippen LogP) is 1.39. The van der Waals surface area contributed by atoms with Gasteiger partial charge in [-0.05, 0) is 30.2 Å². The van der Waals surface area contributed by atoms with Gasteiger partial charge in [0.1, 0.15) is 18.9 Å². The number of hydrogen-bond donors (Lipinski definition) is 1. The third-order valence-corrected chi connectivity index (χ3v) is 3.91. The second kappa shape index (κ2) is 9.39. The first-order chi connectivity index (χ1) is 11.5. The van der Waals surface area contributed by atoms with Crippen LogP contribution in [0.15, 0.2) is 30.1 Å². The zero-order valence-electron chi connectivity index (χ0n) is 14.3. The summed E-state index contributed by atoms with van der Waals surface area (Å²) >= 11 is 0. The van der Waals surface area contributed by atoms with Crippen molar-refractivity contribution in [2.75, 3.05) is 40.3 Å². The van der Waals surface area contributed by atoms with Gasteiger partial charge in [-0.3, -0.25) is 9.59 Å². The molecule has 0 saturated heterocycles. The molecule has 2 amide bonds. The third kappa shape index (κ3) is 5.17. The van der Waals surface area contributed by atoms with Crippen molar-refractivity contribution in [3.05, 3.63) is 41.2 Å². The van der Waals surface area contributed by atoms with E-state index in [1.165, 1.54) is 4.90 Å². The maximum atomic E-state index is 12.5. The summed E-state index contributed by atoms with van der Waals surface area (Å²) in [5, 5.41) is 0. The van der Waals surface area contributed by atoms with Crippen LogP contribution in [0.1, 0.15) is 15.9 Å². The van der Waals surface area contributed by atoms with Crippen molar-refractivity contribution in [1.29, 1.82) is 0 Å². The Morgan fingerprint density at radius 1 is 1.44 bits per heavy atom. The Hall–Kier alpha value is -2.12. The minimum atomic E-state index is -0.163. The first-order valence-corrected chi connectivity index (χ1v) is 7.69. The maximum Gasteiger partial charge on any atom is 0.254 e. The van der Waals surface area contributed by atoms with E-state index in [1.807, 2.05) is 0 Å². The number of carbonyl (C=O) groups is 2. The van der Waals surface area contributed by atoms with Crippen LogP contribution in [0.5, 0.6) is 5.75 Å². The first kappa shape index (κ1) is 20.9. The van der Waals surface area contributed by atoms with Crippen LogP contribution in [-0.4, -0.2) is 62.0 Å². The summed E-state index contributed by atoms with van der Waals surface area (Å²) in [4.78, 5) is 27.3. The maximum absolute atomic E-state index is 12.5. The van der Waals surface area contributed by atoms with Gasteiger partial charge in [-0.25, -0.2) is 4.39 Å². The van der Waals surface area contributed by atoms with Crippen molar-refractivity contribution in [2.24, 2.45) is 5.73 Å². The van der Waals surface area contributed by atoms with E-state index in [-0.39, 0.29) is 43.9 Å². The Kier molecular flexibility index (Phi) is 7.86. The van der Waals surface area contributed by atoms with Crippen LogP contribution in [0, 0.1) is 0 Å². The fourth-order valence-corrected chi connectivity index (χ4v) is 2.37. The van der Waals surface area contributed by atoms with Gasteiger partial charge in [-0.2, -0.15) is 0 Å². The van der Waals surface area contributed by atoms with Gasteiger partial charge in [0.2, 0.25) is 5.91 Å². The first-order valence-electron chi connectivity index (χ1n) is 7.69. The summed E-state index contributed by atoms with van der Waals surface area (Å²) in [6.45, 7) is 0.718. The number of halogens is 2. The van der Waals surface area contributed by atoms with Crippen LogP contribution in [0.25, 0.3) is 0 Å². The topological polar surface area (TPSA) is 75.9 Å². The lowest BCUT2D eigenvalue weighted by Crippen LogP contribution is -2.43. The molecular weight excluding hydrogens is 349 g/mol. The molecule has 0 spiro atoms. The van der Waals surface area contributed by atoms with Gasteiger partial charge < -0.3 is 20.3 Å². The second-order valence-electron chi connectivity index (χ2n) is 5.84. The van der Waals surface area contributed by atoms with Crippen LogP contribution in [-0.2, 0) is 11.2 Å². The summed E-state index contributed by atoms with van der Waals surface area (Å²) in [5.74, 6) is 0.288. The fraction of sp³-hybridized carbons (Fsp3) is 0.412. The van der Waals surface area contributed by atoms with Crippen molar-refractivity contribution in [2.45, 2.75) is 6.42 Å². The summed E-state index contributed by atoms with van der Waals surface area (Å²) in [6.07, 6.45) is 1.09. The highest BCUT2D eigenvalue weighted by molar-refractivity contribution is 5.98. The molecule has 138 valence electrons. The zero-order valence-corrected chi connectivity index (χ0v) is 15.1. The zero-order chi connectivity index (χ0) is 17.7. The predicted molar refractivity (Wildman–Crippen MR) is 95.7 cm³/mol. The number of nitrogens with two attached hydrogens (primary N) is 1. The van der Waals surface area contributed by atoms with Crippen molar-refractivity contribution in [1.82, 2.24) is 9.80 Å². The summed E-state index contributed by atoms with van der Waals surface area (Å²) in [5.41, 5.74) is 7.18. The van der Waals surface area contributed by atoms with Gasteiger partial charge in [0.15, 0.2) is 0 Å². The monoisotopic (exact) mass is 371 g/mol. The number of carbonyl (C=O) groups excluding carboxylic acids is 2. The van der Waals surface area contributed by atoms with Crippen LogP contribution >= 0.6 is 12.4 Å². The van der Waals surface area contributed by atoms with E-state index >= 15 is 0 Å². The number of hydrogen-bond acceptors (Lipinski definition) is 4. The number of rotatable bonds is 6. The Bertz CT molecular complexity index is 665. The van der Waals surface area contributed by atoms with Crippen molar-refractivity contribution in [3.63, 3.8) is 0 Å². The van der Waals surface area contributed by atoms with Gasteiger partial charge >= 0.3 is 0 Å². The largest absolute Gasteiger partial charge is 0.489 e. The number of amides is 2. The SMILES string of the molecule is CN(C)C(=O)CN1CCc2cc(OC/C(=C\F)CN)ccc2C1=O.Cl. The molecule has 0 fully saturated rings. The third-order valence-electron chi connectivity index (χ3n) is 3.91. The number of likely N-dealkylation sites (N-methyl/N-ethyl adjacent to an activating group) is 1. The van der Waals surface area contributed by atoms with Crippen LogP contribution in [0.4, 0.5) is 4.39 Å². The molecule has 25 heavy (non-hydrogen) atoms. The van der Waals surface area contributed by atoms with Gasteiger partial charge in [0.05, 0.1) is 6.33 Å². The average molecular weight is 372 g/mol. The molecule has 1 heterocycles. The Labute approximate surface area is 152 Å².